The lowest BCUT2D eigenvalue weighted by Gasteiger charge is -2.42. The predicted molar refractivity (Wildman–Crippen MR) is 56.4 cm³/mol. The number of hydrogen-bond donors (Lipinski definition) is 0. The van der Waals surface area contributed by atoms with E-state index in [0.29, 0.717) is 24.7 Å². The molecule has 86 valence electrons. The van der Waals surface area contributed by atoms with E-state index in [1.807, 2.05) is 13.8 Å². The van der Waals surface area contributed by atoms with E-state index in [1.165, 1.54) is 6.42 Å². The molecule has 2 atom stereocenters. The summed E-state index contributed by atoms with van der Waals surface area (Å²) in [7, 11) is 0. The molecule has 0 aromatic carbocycles. The Morgan fingerprint density at radius 3 is 2.80 bits per heavy atom. The Hall–Kier alpha value is -0.410. The molecule has 2 aliphatic rings. The lowest BCUT2D eigenvalue weighted by molar-refractivity contribution is -0.185. The molecular weight excluding hydrogens is 192 g/mol. The van der Waals surface area contributed by atoms with E-state index in [2.05, 4.69) is 0 Å². The molecule has 3 heteroatoms. The van der Waals surface area contributed by atoms with Crippen LogP contribution in [0.15, 0.2) is 0 Å². The summed E-state index contributed by atoms with van der Waals surface area (Å²) < 4.78 is 11.2. The summed E-state index contributed by atoms with van der Waals surface area (Å²) >= 11 is 0. The molecule has 0 amide bonds. The maximum absolute atomic E-state index is 11.3. The normalized spacial score (nSPS) is 34.9. The molecule has 1 aliphatic carbocycles. The summed E-state index contributed by atoms with van der Waals surface area (Å²) in [5.41, 5.74) is -0.172. The molecule has 1 saturated heterocycles. The van der Waals surface area contributed by atoms with Crippen LogP contribution in [0.1, 0.15) is 39.5 Å². The van der Waals surface area contributed by atoms with E-state index in [0.717, 1.165) is 19.4 Å². The number of carbonyl (C=O) groups is 1. The number of ketones is 1. The SMILES string of the molecule is CC1(C)C(=O)CC1COC1CCCCO1. The molecule has 0 spiro atoms. The topological polar surface area (TPSA) is 35.5 Å². The number of Topliss-reactive ketones (excluding diaryl/α,β-unsaturated/α-hetero) is 1. The molecule has 2 unspecified atom stereocenters. The zero-order valence-electron chi connectivity index (χ0n) is 9.62. The highest BCUT2D eigenvalue weighted by atomic mass is 16.7. The maximum Gasteiger partial charge on any atom is 0.157 e. The first-order chi connectivity index (χ1) is 7.10. The molecule has 15 heavy (non-hydrogen) atoms. The highest BCUT2D eigenvalue weighted by Crippen LogP contribution is 2.42. The maximum atomic E-state index is 11.3. The van der Waals surface area contributed by atoms with Gasteiger partial charge in [0.05, 0.1) is 6.61 Å². The van der Waals surface area contributed by atoms with Gasteiger partial charge < -0.3 is 9.47 Å². The zero-order valence-corrected chi connectivity index (χ0v) is 9.62. The van der Waals surface area contributed by atoms with Crippen molar-refractivity contribution < 1.29 is 14.3 Å². The van der Waals surface area contributed by atoms with Crippen LogP contribution in [0.5, 0.6) is 0 Å². The van der Waals surface area contributed by atoms with Gasteiger partial charge in [0.25, 0.3) is 0 Å². The fourth-order valence-corrected chi connectivity index (χ4v) is 2.17. The highest BCUT2D eigenvalue weighted by Gasteiger charge is 2.47. The van der Waals surface area contributed by atoms with Crippen LogP contribution < -0.4 is 0 Å². The van der Waals surface area contributed by atoms with E-state index in [9.17, 15) is 4.79 Å². The first-order valence-corrected chi connectivity index (χ1v) is 5.87. The van der Waals surface area contributed by atoms with Crippen molar-refractivity contribution in [1.29, 1.82) is 0 Å². The minimum absolute atomic E-state index is 0.0229. The van der Waals surface area contributed by atoms with Crippen LogP contribution in [0.3, 0.4) is 0 Å². The Morgan fingerprint density at radius 2 is 2.27 bits per heavy atom. The van der Waals surface area contributed by atoms with Crippen molar-refractivity contribution in [3.05, 3.63) is 0 Å². The van der Waals surface area contributed by atoms with E-state index in [4.69, 9.17) is 9.47 Å². The lowest BCUT2D eigenvalue weighted by atomic mass is 9.62. The van der Waals surface area contributed by atoms with Crippen LogP contribution in [-0.4, -0.2) is 25.3 Å². The van der Waals surface area contributed by atoms with Gasteiger partial charge in [-0.3, -0.25) is 4.79 Å². The summed E-state index contributed by atoms with van der Waals surface area (Å²) in [4.78, 5) is 11.3. The van der Waals surface area contributed by atoms with Gasteiger partial charge in [-0.25, -0.2) is 0 Å². The number of rotatable bonds is 3. The van der Waals surface area contributed by atoms with Gasteiger partial charge >= 0.3 is 0 Å². The molecular formula is C12H20O3. The third-order valence-corrected chi connectivity index (χ3v) is 3.79. The third-order valence-electron chi connectivity index (χ3n) is 3.79. The first-order valence-electron chi connectivity index (χ1n) is 5.87. The van der Waals surface area contributed by atoms with E-state index in [-0.39, 0.29) is 11.7 Å². The van der Waals surface area contributed by atoms with Crippen LogP contribution in [0.2, 0.25) is 0 Å². The zero-order chi connectivity index (χ0) is 10.9. The molecule has 0 aromatic heterocycles. The third kappa shape index (κ3) is 2.23. The monoisotopic (exact) mass is 212 g/mol. The van der Waals surface area contributed by atoms with E-state index >= 15 is 0 Å². The molecule has 1 heterocycles. The molecule has 3 nitrogen and oxygen atoms in total. The van der Waals surface area contributed by atoms with Crippen molar-refractivity contribution in [2.75, 3.05) is 13.2 Å². The fraction of sp³-hybridized carbons (Fsp3) is 0.917. The molecule has 1 saturated carbocycles. The Balaban J connectivity index is 1.72. The second-order valence-corrected chi connectivity index (χ2v) is 5.18. The van der Waals surface area contributed by atoms with Gasteiger partial charge in [0.1, 0.15) is 5.78 Å². The van der Waals surface area contributed by atoms with Crippen molar-refractivity contribution in [3.63, 3.8) is 0 Å². The Bertz CT molecular complexity index is 241. The minimum Gasteiger partial charge on any atom is -0.353 e. The second-order valence-electron chi connectivity index (χ2n) is 5.18. The predicted octanol–water partition coefficient (Wildman–Crippen LogP) is 2.14. The van der Waals surface area contributed by atoms with E-state index < -0.39 is 0 Å². The highest BCUT2D eigenvalue weighted by molar-refractivity contribution is 5.90. The summed E-state index contributed by atoms with van der Waals surface area (Å²) in [6.45, 7) is 5.50. The van der Waals surface area contributed by atoms with Crippen LogP contribution in [0, 0.1) is 11.3 Å². The van der Waals surface area contributed by atoms with Gasteiger partial charge in [0, 0.05) is 24.4 Å². The number of hydrogen-bond acceptors (Lipinski definition) is 3. The van der Waals surface area contributed by atoms with Gasteiger partial charge in [-0.05, 0) is 19.3 Å². The van der Waals surface area contributed by atoms with Crippen molar-refractivity contribution in [1.82, 2.24) is 0 Å². The quantitative estimate of drug-likeness (QED) is 0.719. The molecule has 0 N–H and O–H groups in total. The lowest BCUT2D eigenvalue weighted by Crippen LogP contribution is -2.48. The molecule has 2 fully saturated rings. The van der Waals surface area contributed by atoms with Gasteiger partial charge in [0.2, 0.25) is 0 Å². The average molecular weight is 212 g/mol. The minimum atomic E-state index is -0.172. The van der Waals surface area contributed by atoms with Gasteiger partial charge in [-0.1, -0.05) is 13.8 Å². The van der Waals surface area contributed by atoms with Gasteiger partial charge in [-0.2, -0.15) is 0 Å². The largest absolute Gasteiger partial charge is 0.353 e. The van der Waals surface area contributed by atoms with Crippen LogP contribution in [-0.2, 0) is 14.3 Å². The summed E-state index contributed by atoms with van der Waals surface area (Å²) in [5.74, 6) is 0.746. The summed E-state index contributed by atoms with van der Waals surface area (Å²) in [6, 6.07) is 0. The Kier molecular flexibility index (Phi) is 3.12. The fourth-order valence-electron chi connectivity index (χ4n) is 2.17. The first kappa shape index (κ1) is 11.1. The number of ether oxygens (including phenoxy) is 2. The molecule has 0 bridgehead atoms. The molecule has 0 aromatic rings. The smallest absolute Gasteiger partial charge is 0.157 e. The summed E-state index contributed by atoms with van der Waals surface area (Å²) in [5, 5.41) is 0. The van der Waals surface area contributed by atoms with Crippen molar-refractivity contribution >= 4 is 5.78 Å². The Morgan fingerprint density at radius 1 is 1.47 bits per heavy atom. The van der Waals surface area contributed by atoms with Crippen molar-refractivity contribution in [2.45, 2.75) is 45.8 Å². The van der Waals surface area contributed by atoms with E-state index in [1.54, 1.807) is 0 Å². The van der Waals surface area contributed by atoms with Crippen molar-refractivity contribution in [2.24, 2.45) is 11.3 Å². The van der Waals surface area contributed by atoms with Gasteiger partial charge in [-0.15, -0.1) is 0 Å². The molecule has 0 radical (unpaired) electrons. The van der Waals surface area contributed by atoms with Crippen LogP contribution in [0.25, 0.3) is 0 Å². The Labute approximate surface area is 91.1 Å². The summed E-state index contributed by atoms with van der Waals surface area (Å²) in [6.07, 6.45) is 4.00. The molecule has 1 aliphatic heterocycles. The van der Waals surface area contributed by atoms with Crippen LogP contribution >= 0.6 is 0 Å². The number of carbonyl (C=O) groups excluding carboxylic acids is 1. The van der Waals surface area contributed by atoms with Gasteiger partial charge in [0.15, 0.2) is 6.29 Å². The van der Waals surface area contributed by atoms with Crippen LogP contribution in [0.4, 0.5) is 0 Å². The second kappa shape index (κ2) is 4.22. The standard InChI is InChI=1S/C12H20O3/c1-12(2)9(7-10(12)13)8-15-11-5-3-4-6-14-11/h9,11H,3-8H2,1-2H3. The van der Waals surface area contributed by atoms with Crippen molar-refractivity contribution in [3.8, 4) is 0 Å². The average Bonchev–Trinajstić information content (AvgIpc) is 2.25. The molecule has 2 rings (SSSR count).